The molecule has 2 aromatic heterocycles. The number of hydrogen-bond acceptors (Lipinski definition) is 3. The van der Waals surface area contributed by atoms with Crippen LogP contribution in [0.5, 0.6) is 0 Å². The SMILES string of the molecule is CCCCNC(=S)N/N=C\c1cc(C)n(-c2ccnn2C(C)C)c1C. The van der Waals surface area contributed by atoms with Crippen LogP contribution in [0.4, 0.5) is 0 Å². The van der Waals surface area contributed by atoms with Crippen LogP contribution >= 0.6 is 12.2 Å². The third-order valence-corrected chi connectivity index (χ3v) is 4.26. The zero-order chi connectivity index (χ0) is 18.4. The molecule has 0 radical (unpaired) electrons. The third-order valence-electron chi connectivity index (χ3n) is 4.02. The smallest absolute Gasteiger partial charge is 0.186 e. The molecular weight excluding hydrogens is 332 g/mol. The topological polar surface area (TPSA) is 59.2 Å². The summed E-state index contributed by atoms with van der Waals surface area (Å²) in [4.78, 5) is 0. The molecular formula is C18H28N6S. The number of aromatic nitrogens is 3. The Morgan fingerprint density at radius 1 is 1.40 bits per heavy atom. The minimum atomic E-state index is 0.302. The minimum Gasteiger partial charge on any atom is -0.361 e. The van der Waals surface area contributed by atoms with Gasteiger partial charge >= 0.3 is 0 Å². The summed E-state index contributed by atoms with van der Waals surface area (Å²) >= 11 is 5.20. The molecule has 25 heavy (non-hydrogen) atoms. The van der Waals surface area contributed by atoms with Gasteiger partial charge in [-0.15, -0.1) is 0 Å². The van der Waals surface area contributed by atoms with Crippen molar-refractivity contribution in [3.05, 3.63) is 35.3 Å². The van der Waals surface area contributed by atoms with Gasteiger partial charge < -0.3 is 9.88 Å². The van der Waals surface area contributed by atoms with Crippen LogP contribution in [0, 0.1) is 13.8 Å². The van der Waals surface area contributed by atoms with E-state index in [1.54, 1.807) is 0 Å². The van der Waals surface area contributed by atoms with Gasteiger partial charge in [-0.3, -0.25) is 5.43 Å². The Morgan fingerprint density at radius 2 is 2.16 bits per heavy atom. The number of thiocarbonyl (C=S) groups is 1. The molecule has 0 fully saturated rings. The highest BCUT2D eigenvalue weighted by atomic mass is 32.1. The van der Waals surface area contributed by atoms with Gasteiger partial charge in [0.2, 0.25) is 0 Å². The monoisotopic (exact) mass is 360 g/mol. The molecule has 2 N–H and O–H groups in total. The summed E-state index contributed by atoms with van der Waals surface area (Å²) in [7, 11) is 0. The van der Waals surface area contributed by atoms with Crippen LogP contribution in [0.15, 0.2) is 23.4 Å². The summed E-state index contributed by atoms with van der Waals surface area (Å²) < 4.78 is 4.22. The largest absolute Gasteiger partial charge is 0.361 e. The molecule has 7 heteroatoms. The van der Waals surface area contributed by atoms with Crippen LogP contribution in [-0.2, 0) is 0 Å². The Balaban J connectivity index is 2.13. The van der Waals surface area contributed by atoms with Crippen molar-refractivity contribution in [1.82, 2.24) is 25.1 Å². The number of hydrazone groups is 1. The first-order chi connectivity index (χ1) is 12.0. The fourth-order valence-electron chi connectivity index (χ4n) is 2.73. The number of rotatable bonds is 7. The lowest BCUT2D eigenvalue weighted by molar-refractivity contribution is 0.519. The minimum absolute atomic E-state index is 0.302. The summed E-state index contributed by atoms with van der Waals surface area (Å²) in [5, 5.41) is 12.4. The van der Waals surface area contributed by atoms with Gasteiger partial charge in [0.05, 0.1) is 12.4 Å². The van der Waals surface area contributed by atoms with Gasteiger partial charge in [0.25, 0.3) is 0 Å². The number of unbranched alkanes of at least 4 members (excludes halogenated alkanes) is 1. The van der Waals surface area contributed by atoms with E-state index in [1.165, 1.54) is 0 Å². The van der Waals surface area contributed by atoms with Gasteiger partial charge in [0.15, 0.2) is 5.11 Å². The molecule has 2 aromatic rings. The van der Waals surface area contributed by atoms with E-state index < -0.39 is 0 Å². The maximum atomic E-state index is 5.20. The summed E-state index contributed by atoms with van der Waals surface area (Å²) in [6.45, 7) is 11.5. The van der Waals surface area contributed by atoms with E-state index in [1.807, 2.05) is 23.2 Å². The standard InChI is InChI=1S/C18H28N6S/c1-6-7-9-19-18(25)22-20-12-16-11-14(4)23(15(16)5)17-8-10-21-24(17)13(2)3/h8,10-13H,6-7,9H2,1-5H3,(H2,19,22,25)/b20-12-. The van der Waals surface area contributed by atoms with E-state index in [0.717, 1.165) is 42.2 Å². The van der Waals surface area contributed by atoms with Gasteiger partial charge in [-0.1, -0.05) is 13.3 Å². The third kappa shape index (κ3) is 4.69. The lowest BCUT2D eigenvalue weighted by Crippen LogP contribution is -2.32. The van der Waals surface area contributed by atoms with Gasteiger partial charge in [-0.2, -0.15) is 10.2 Å². The van der Waals surface area contributed by atoms with Crippen molar-refractivity contribution in [2.45, 2.75) is 53.5 Å². The first-order valence-corrected chi connectivity index (χ1v) is 9.16. The maximum absolute atomic E-state index is 5.20. The number of nitrogens with one attached hydrogen (secondary N) is 2. The highest BCUT2D eigenvalue weighted by Crippen LogP contribution is 2.21. The molecule has 0 unspecified atom stereocenters. The summed E-state index contributed by atoms with van der Waals surface area (Å²) in [6.07, 6.45) is 5.88. The molecule has 136 valence electrons. The molecule has 0 bridgehead atoms. The van der Waals surface area contributed by atoms with Crippen molar-refractivity contribution < 1.29 is 0 Å². The first-order valence-electron chi connectivity index (χ1n) is 8.75. The lowest BCUT2D eigenvalue weighted by atomic mass is 10.3. The van der Waals surface area contributed by atoms with E-state index in [0.29, 0.717) is 11.2 Å². The van der Waals surface area contributed by atoms with Crippen molar-refractivity contribution >= 4 is 23.5 Å². The molecule has 0 aromatic carbocycles. The summed E-state index contributed by atoms with van der Waals surface area (Å²) in [6, 6.07) is 4.45. The van der Waals surface area contributed by atoms with Crippen molar-refractivity contribution in [3.8, 4) is 5.82 Å². The van der Waals surface area contributed by atoms with E-state index in [4.69, 9.17) is 12.2 Å². The first kappa shape index (κ1) is 19.2. The Labute approximate surface area is 155 Å². The zero-order valence-electron chi connectivity index (χ0n) is 15.7. The Kier molecular flexibility index (Phi) is 6.75. The van der Waals surface area contributed by atoms with Crippen LogP contribution in [0.1, 0.15) is 56.6 Å². The van der Waals surface area contributed by atoms with E-state index in [-0.39, 0.29) is 0 Å². The van der Waals surface area contributed by atoms with Crippen LogP contribution in [0.25, 0.3) is 5.82 Å². The van der Waals surface area contributed by atoms with Gasteiger partial charge in [-0.05, 0) is 52.4 Å². The fourth-order valence-corrected chi connectivity index (χ4v) is 2.89. The van der Waals surface area contributed by atoms with Crippen molar-refractivity contribution in [2.75, 3.05) is 6.54 Å². The molecule has 0 saturated carbocycles. The number of aryl methyl sites for hydroxylation is 1. The average Bonchev–Trinajstić information content (AvgIpc) is 3.13. The second-order valence-corrected chi connectivity index (χ2v) is 6.78. The highest BCUT2D eigenvalue weighted by molar-refractivity contribution is 7.80. The normalized spacial score (nSPS) is 11.4. The van der Waals surface area contributed by atoms with Crippen LogP contribution in [0.2, 0.25) is 0 Å². The van der Waals surface area contributed by atoms with Gasteiger partial charge in [0, 0.05) is 35.6 Å². The van der Waals surface area contributed by atoms with Crippen molar-refractivity contribution in [2.24, 2.45) is 5.10 Å². The molecule has 0 atom stereocenters. The van der Waals surface area contributed by atoms with E-state index >= 15 is 0 Å². The Hall–Kier alpha value is -2.15. The van der Waals surface area contributed by atoms with Crippen LogP contribution in [-0.4, -0.2) is 32.2 Å². The quantitative estimate of drug-likeness (QED) is 0.344. The van der Waals surface area contributed by atoms with Crippen LogP contribution < -0.4 is 10.7 Å². The molecule has 0 aliphatic carbocycles. The zero-order valence-corrected chi connectivity index (χ0v) is 16.5. The summed E-state index contributed by atoms with van der Waals surface area (Å²) in [5.74, 6) is 1.06. The Morgan fingerprint density at radius 3 is 2.84 bits per heavy atom. The molecule has 0 spiro atoms. The molecule has 2 heterocycles. The number of hydrogen-bond donors (Lipinski definition) is 2. The van der Waals surface area contributed by atoms with E-state index in [9.17, 15) is 0 Å². The predicted octanol–water partition coefficient (Wildman–Crippen LogP) is 3.47. The Bertz CT molecular complexity index is 741. The van der Waals surface area contributed by atoms with Gasteiger partial charge in [0.1, 0.15) is 5.82 Å². The van der Waals surface area contributed by atoms with E-state index in [2.05, 4.69) is 66.2 Å². The molecule has 0 aliphatic rings. The molecule has 0 saturated heterocycles. The average molecular weight is 361 g/mol. The van der Waals surface area contributed by atoms with Crippen molar-refractivity contribution in [3.63, 3.8) is 0 Å². The number of nitrogens with zero attached hydrogens (tertiary/aromatic N) is 4. The molecule has 6 nitrogen and oxygen atoms in total. The molecule has 0 amide bonds. The van der Waals surface area contributed by atoms with Crippen LogP contribution in [0.3, 0.4) is 0 Å². The second-order valence-electron chi connectivity index (χ2n) is 6.37. The summed E-state index contributed by atoms with van der Waals surface area (Å²) in [5.41, 5.74) is 6.19. The lowest BCUT2D eigenvalue weighted by Gasteiger charge is -2.15. The second kappa shape index (κ2) is 8.80. The van der Waals surface area contributed by atoms with Gasteiger partial charge in [-0.25, -0.2) is 4.68 Å². The predicted molar refractivity (Wildman–Crippen MR) is 108 cm³/mol. The highest BCUT2D eigenvalue weighted by Gasteiger charge is 2.14. The fraction of sp³-hybridized carbons (Fsp3) is 0.500. The molecule has 2 rings (SSSR count). The molecule has 0 aliphatic heterocycles. The van der Waals surface area contributed by atoms with Crippen molar-refractivity contribution in [1.29, 1.82) is 0 Å². The maximum Gasteiger partial charge on any atom is 0.186 e.